The Morgan fingerprint density at radius 3 is 2.71 bits per heavy atom. The van der Waals surface area contributed by atoms with Crippen molar-refractivity contribution < 1.29 is 14.6 Å². The van der Waals surface area contributed by atoms with Crippen LogP contribution in [0, 0.1) is 0 Å². The Morgan fingerprint density at radius 2 is 2.18 bits per heavy atom. The van der Waals surface area contributed by atoms with Crippen molar-refractivity contribution in [1.82, 2.24) is 5.32 Å². The molecule has 0 bridgehead atoms. The van der Waals surface area contributed by atoms with E-state index in [2.05, 4.69) is 15.3 Å². The van der Waals surface area contributed by atoms with E-state index in [9.17, 15) is 9.90 Å². The zero-order chi connectivity index (χ0) is 13.1. The van der Waals surface area contributed by atoms with Gasteiger partial charge in [0.05, 0.1) is 12.1 Å². The lowest BCUT2D eigenvalue weighted by atomic mass is 10.2. The molecule has 1 aliphatic carbocycles. The van der Waals surface area contributed by atoms with Gasteiger partial charge < -0.3 is 15.2 Å². The van der Waals surface area contributed by atoms with Gasteiger partial charge in [-0.05, 0) is 39.1 Å². The van der Waals surface area contributed by atoms with E-state index in [1.807, 2.05) is 0 Å². The predicted molar refractivity (Wildman–Crippen MR) is 61.3 cm³/mol. The van der Waals surface area contributed by atoms with Crippen LogP contribution in [0.25, 0.3) is 10.4 Å². The summed E-state index contributed by atoms with van der Waals surface area (Å²) in [7, 11) is 0. The number of aliphatic hydroxyl groups excluding tert-OH is 1. The minimum atomic E-state index is -0.703. The first-order valence-corrected chi connectivity index (χ1v) is 5.53. The number of hydrogen-bond acceptors (Lipinski definition) is 4. The minimum Gasteiger partial charge on any atom is -0.444 e. The second-order valence-electron chi connectivity index (χ2n) is 5.15. The lowest BCUT2D eigenvalue weighted by molar-refractivity contribution is 0.0502. The average molecular weight is 242 g/mol. The molecule has 7 heteroatoms. The van der Waals surface area contributed by atoms with E-state index in [4.69, 9.17) is 10.3 Å². The van der Waals surface area contributed by atoms with Gasteiger partial charge in [-0.15, -0.1) is 0 Å². The first kappa shape index (κ1) is 13.6. The standard InChI is InChI=1S/C10H18N4O3/c1-10(2,3)17-9(16)12-6-4-7(13-14-11)8(15)5-6/h6-8,15H,4-5H2,1-3H3,(H,12,16)/t6-,7-,8-/m0/s1. The highest BCUT2D eigenvalue weighted by Crippen LogP contribution is 2.23. The van der Waals surface area contributed by atoms with Crippen LogP contribution in [-0.4, -0.2) is 35.0 Å². The molecule has 0 heterocycles. The van der Waals surface area contributed by atoms with Crippen LogP contribution in [-0.2, 0) is 4.74 Å². The fourth-order valence-corrected chi connectivity index (χ4v) is 1.78. The van der Waals surface area contributed by atoms with Crippen LogP contribution >= 0.6 is 0 Å². The molecule has 0 aliphatic heterocycles. The van der Waals surface area contributed by atoms with Gasteiger partial charge in [0.15, 0.2) is 0 Å². The van der Waals surface area contributed by atoms with Gasteiger partial charge in [-0.3, -0.25) is 0 Å². The number of ether oxygens (including phenoxy) is 1. The average Bonchev–Trinajstić information content (AvgIpc) is 2.43. The maximum Gasteiger partial charge on any atom is 0.407 e. The molecule has 0 unspecified atom stereocenters. The highest BCUT2D eigenvalue weighted by Gasteiger charge is 2.33. The number of nitrogens with one attached hydrogen (secondary N) is 1. The Bertz CT molecular complexity index is 333. The van der Waals surface area contributed by atoms with Gasteiger partial charge in [0.1, 0.15) is 5.60 Å². The third kappa shape index (κ3) is 4.50. The van der Waals surface area contributed by atoms with Crippen LogP contribution < -0.4 is 5.32 Å². The summed E-state index contributed by atoms with van der Waals surface area (Å²) < 4.78 is 5.09. The van der Waals surface area contributed by atoms with Crippen molar-refractivity contribution in [3.63, 3.8) is 0 Å². The summed E-state index contributed by atoms with van der Waals surface area (Å²) in [5, 5.41) is 15.7. The molecule has 1 amide bonds. The van der Waals surface area contributed by atoms with E-state index in [1.165, 1.54) is 0 Å². The smallest absolute Gasteiger partial charge is 0.407 e. The van der Waals surface area contributed by atoms with Crippen molar-refractivity contribution in [3.05, 3.63) is 10.4 Å². The molecule has 0 spiro atoms. The van der Waals surface area contributed by atoms with Gasteiger partial charge in [-0.1, -0.05) is 5.11 Å². The summed E-state index contributed by atoms with van der Waals surface area (Å²) in [5.74, 6) is 0. The number of aliphatic hydroxyl groups is 1. The van der Waals surface area contributed by atoms with Gasteiger partial charge in [0, 0.05) is 11.0 Å². The summed E-state index contributed by atoms with van der Waals surface area (Å²) in [6.07, 6.45) is -0.407. The van der Waals surface area contributed by atoms with E-state index < -0.39 is 23.8 Å². The Labute approximate surface area is 99.8 Å². The zero-order valence-electron chi connectivity index (χ0n) is 10.3. The molecule has 1 fully saturated rings. The summed E-state index contributed by atoms with van der Waals surface area (Å²) in [4.78, 5) is 14.1. The molecular formula is C10H18N4O3. The van der Waals surface area contributed by atoms with Crippen molar-refractivity contribution in [2.45, 2.75) is 57.4 Å². The van der Waals surface area contributed by atoms with Gasteiger partial charge in [0.25, 0.3) is 0 Å². The summed E-state index contributed by atoms with van der Waals surface area (Å²) in [5.41, 5.74) is 7.75. The normalized spacial score (nSPS) is 28.4. The number of nitrogens with zero attached hydrogens (tertiary/aromatic N) is 3. The molecule has 0 radical (unpaired) electrons. The molecular weight excluding hydrogens is 224 g/mol. The molecule has 2 N–H and O–H groups in total. The van der Waals surface area contributed by atoms with Crippen molar-refractivity contribution >= 4 is 6.09 Å². The van der Waals surface area contributed by atoms with E-state index in [0.29, 0.717) is 12.8 Å². The molecule has 17 heavy (non-hydrogen) atoms. The number of carbonyl (C=O) groups excluding carboxylic acids is 1. The van der Waals surface area contributed by atoms with Gasteiger partial charge in [0.2, 0.25) is 0 Å². The van der Waals surface area contributed by atoms with Gasteiger partial charge >= 0.3 is 6.09 Å². The summed E-state index contributed by atoms with van der Waals surface area (Å²) in [6.45, 7) is 5.33. The summed E-state index contributed by atoms with van der Waals surface area (Å²) in [6, 6.07) is -0.685. The summed E-state index contributed by atoms with van der Waals surface area (Å²) >= 11 is 0. The maximum atomic E-state index is 11.5. The number of hydrogen-bond donors (Lipinski definition) is 2. The molecule has 7 nitrogen and oxygen atoms in total. The molecule has 0 aromatic carbocycles. The zero-order valence-corrected chi connectivity index (χ0v) is 10.3. The third-order valence-electron chi connectivity index (χ3n) is 2.42. The number of azide groups is 1. The number of rotatable bonds is 2. The quantitative estimate of drug-likeness (QED) is 0.437. The molecule has 1 rings (SSSR count). The highest BCUT2D eigenvalue weighted by molar-refractivity contribution is 5.68. The number of carbonyl (C=O) groups is 1. The van der Waals surface area contributed by atoms with Crippen molar-refractivity contribution in [2.75, 3.05) is 0 Å². The molecule has 1 aliphatic rings. The largest absolute Gasteiger partial charge is 0.444 e. The second kappa shape index (κ2) is 5.25. The lowest BCUT2D eigenvalue weighted by Crippen LogP contribution is -2.38. The van der Waals surface area contributed by atoms with Crippen LogP contribution in [0.2, 0.25) is 0 Å². The van der Waals surface area contributed by atoms with Crippen LogP contribution in [0.3, 0.4) is 0 Å². The Kier molecular flexibility index (Phi) is 4.20. The predicted octanol–water partition coefficient (Wildman–Crippen LogP) is 1.71. The molecule has 3 atom stereocenters. The Hall–Kier alpha value is -1.46. The van der Waals surface area contributed by atoms with E-state index in [1.54, 1.807) is 20.8 Å². The topological polar surface area (TPSA) is 107 Å². The van der Waals surface area contributed by atoms with Crippen LogP contribution in [0.15, 0.2) is 5.11 Å². The fourth-order valence-electron chi connectivity index (χ4n) is 1.78. The van der Waals surface area contributed by atoms with Crippen LogP contribution in [0.1, 0.15) is 33.6 Å². The molecule has 1 saturated carbocycles. The first-order valence-electron chi connectivity index (χ1n) is 5.53. The van der Waals surface area contributed by atoms with E-state index >= 15 is 0 Å². The highest BCUT2D eigenvalue weighted by atomic mass is 16.6. The molecule has 0 aromatic rings. The second-order valence-corrected chi connectivity index (χ2v) is 5.15. The number of alkyl carbamates (subject to hydrolysis) is 1. The third-order valence-corrected chi connectivity index (χ3v) is 2.42. The van der Waals surface area contributed by atoms with E-state index in [0.717, 1.165) is 0 Å². The van der Waals surface area contributed by atoms with Crippen molar-refractivity contribution in [3.8, 4) is 0 Å². The minimum absolute atomic E-state index is 0.213. The van der Waals surface area contributed by atoms with E-state index in [-0.39, 0.29) is 6.04 Å². The Balaban J connectivity index is 2.44. The fraction of sp³-hybridized carbons (Fsp3) is 0.900. The Morgan fingerprint density at radius 1 is 1.53 bits per heavy atom. The van der Waals surface area contributed by atoms with Crippen LogP contribution in [0.5, 0.6) is 0 Å². The molecule has 96 valence electrons. The lowest BCUT2D eigenvalue weighted by Gasteiger charge is -2.21. The SMILES string of the molecule is CC(C)(C)OC(=O)N[C@H]1C[C@H](N=[N+]=[N-])[C@@H](O)C1. The molecule has 0 saturated heterocycles. The monoisotopic (exact) mass is 242 g/mol. The van der Waals surface area contributed by atoms with Gasteiger partial charge in [-0.25, -0.2) is 4.79 Å². The van der Waals surface area contributed by atoms with Crippen molar-refractivity contribution in [2.24, 2.45) is 5.11 Å². The molecule has 0 aromatic heterocycles. The van der Waals surface area contributed by atoms with Gasteiger partial charge in [-0.2, -0.15) is 0 Å². The van der Waals surface area contributed by atoms with Crippen molar-refractivity contribution in [1.29, 1.82) is 0 Å². The maximum absolute atomic E-state index is 11.5. The van der Waals surface area contributed by atoms with Crippen LogP contribution in [0.4, 0.5) is 4.79 Å². The first-order chi connectivity index (χ1) is 7.81. The number of amides is 1.